The van der Waals surface area contributed by atoms with Crippen molar-refractivity contribution >= 4 is 10.0 Å². The van der Waals surface area contributed by atoms with Gasteiger partial charge in [0.15, 0.2) is 0 Å². The molecule has 0 aromatic heterocycles. The van der Waals surface area contributed by atoms with E-state index in [9.17, 15) is 8.42 Å². The molecule has 106 valence electrons. The van der Waals surface area contributed by atoms with Crippen molar-refractivity contribution in [3.05, 3.63) is 29.8 Å². The van der Waals surface area contributed by atoms with Crippen molar-refractivity contribution in [2.75, 3.05) is 7.05 Å². The van der Waals surface area contributed by atoms with Gasteiger partial charge >= 0.3 is 0 Å². The molecule has 19 heavy (non-hydrogen) atoms. The summed E-state index contributed by atoms with van der Waals surface area (Å²) in [5.74, 6) is 0. The van der Waals surface area contributed by atoms with Crippen molar-refractivity contribution < 1.29 is 8.42 Å². The third-order valence-corrected chi connectivity index (χ3v) is 5.31. The highest BCUT2D eigenvalue weighted by Gasteiger charge is 2.33. The molecule has 1 fully saturated rings. The number of rotatable bonds is 5. The van der Waals surface area contributed by atoms with Crippen LogP contribution in [0.25, 0.3) is 0 Å². The maximum Gasteiger partial charge on any atom is 0.241 e. The molecule has 0 amide bonds. The fourth-order valence-corrected chi connectivity index (χ4v) is 4.20. The van der Waals surface area contributed by atoms with Gasteiger partial charge in [0.05, 0.1) is 4.90 Å². The summed E-state index contributed by atoms with van der Waals surface area (Å²) in [5, 5.41) is 3.03. The van der Waals surface area contributed by atoms with Gasteiger partial charge in [-0.2, -0.15) is 0 Å². The van der Waals surface area contributed by atoms with Gasteiger partial charge in [-0.25, -0.2) is 13.1 Å². The van der Waals surface area contributed by atoms with Gasteiger partial charge in [-0.1, -0.05) is 25.0 Å². The van der Waals surface area contributed by atoms with E-state index in [0.717, 1.165) is 31.2 Å². The molecular formula is C14H22N2O2S. The monoisotopic (exact) mass is 282 g/mol. The fourth-order valence-electron chi connectivity index (χ4n) is 2.67. The fraction of sp³-hybridized carbons (Fsp3) is 0.571. The molecule has 0 spiro atoms. The van der Waals surface area contributed by atoms with Crippen LogP contribution in [0.3, 0.4) is 0 Å². The molecular weight excluding hydrogens is 260 g/mol. The second-order valence-corrected chi connectivity index (χ2v) is 7.23. The molecule has 0 unspecified atom stereocenters. The Bertz CT molecular complexity index is 534. The lowest BCUT2D eigenvalue weighted by Gasteiger charge is -2.25. The van der Waals surface area contributed by atoms with Gasteiger partial charge in [-0.15, -0.1) is 0 Å². The van der Waals surface area contributed by atoms with Crippen LogP contribution in [0.1, 0.15) is 38.2 Å². The van der Waals surface area contributed by atoms with Gasteiger partial charge in [0.2, 0.25) is 10.0 Å². The molecule has 0 bridgehead atoms. The highest BCUT2D eigenvalue weighted by Crippen LogP contribution is 2.30. The molecule has 0 saturated heterocycles. The Labute approximate surface area is 115 Å². The predicted octanol–water partition coefficient (Wildman–Crippen LogP) is 2.02. The van der Waals surface area contributed by atoms with E-state index in [0.29, 0.717) is 11.4 Å². The molecule has 0 radical (unpaired) electrons. The molecule has 4 nitrogen and oxygen atoms in total. The topological polar surface area (TPSA) is 58.2 Å². The number of hydrogen-bond acceptors (Lipinski definition) is 3. The summed E-state index contributed by atoms with van der Waals surface area (Å²) in [6.45, 7) is 2.66. The Balaban J connectivity index is 2.21. The summed E-state index contributed by atoms with van der Waals surface area (Å²) in [4.78, 5) is 0.355. The number of hydrogen-bond donors (Lipinski definition) is 2. The summed E-state index contributed by atoms with van der Waals surface area (Å²) in [5.41, 5.74) is 0.694. The number of sulfonamides is 1. The zero-order valence-electron chi connectivity index (χ0n) is 11.6. The SMILES string of the molecule is CNCc1cccc(S(=O)(=O)NC2(C)CCCC2)c1. The van der Waals surface area contributed by atoms with Crippen LogP contribution in [0.2, 0.25) is 0 Å². The van der Waals surface area contributed by atoms with E-state index < -0.39 is 10.0 Å². The Hall–Kier alpha value is -0.910. The molecule has 1 aromatic carbocycles. The van der Waals surface area contributed by atoms with Crippen molar-refractivity contribution in [1.29, 1.82) is 0 Å². The van der Waals surface area contributed by atoms with E-state index in [4.69, 9.17) is 0 Å². The van der Waals surface area contributed by atoms with Crippen LogP contribution in [0.4, 0.5) is 0 Å². The van der Waals surface area contributed by atoms with Gasteiger partial charge in [0, 0.05) is 12.1 Å². The van der Waals surface area contributed by atoms with E-state index in [-0.39, 0.29) is 5.54 Å². The van der Waals surface area contributed by atoms with Crippen LogP contribution in [0.15, 0.2) is 29.2 Å². The lowest BCUT2D eigenvalue weighted by Crippen LogP contribution is -2.43. The number of nitrogens with one attached hydrogen (secondary N) is 2. The minimum Gasteiger partial charge on any atom is -0.316 e. The summed E-state index contributed by atoms with van der Waals surface area (Å²) in [6.07, 6.45) is 4.03. The Kier molecular flexibility index (Phi) is 4.28. The normalized spacial score (nSPS) is 18.6. The molecule has 5 heteroatoms. The summed E-state index contributed by atoms with van der Waals surface area (Å²) in [6, 6.07) is 7.10. The second kappa shape index (κ2) is 5.61. The lowest BCUT2D eigenvalue weighted by atomic mass is 10.0. The van der Waals surface area contributed by atoms with Crippen LogP contribution >= 0.6 is 0 Å². The largest absolute Gasteiger partial charge is 0.316 e. The molecule has 1 saturated carbocycles. The predicted molar refractivity (Wildman–Crippen MR) is 76.4 cm³/mol. The first kappa shape index (κ1) is 14.5. The number of benzene rings is 1. The average Bonchev–Trinajstić information content (AvgIpc) is 2.75. The Morgan fingerprint density at radius 2 is 1.95 bits per heavy atom. The van der Waals surface area contributed by atoms with Crippen LogP contribution in [0.5, 0.6) is 0 Å². The van der Waals surface area contributed by atoms with Crippen LogP contribution in [-0.4, -0.2) is 21.0 Å². The minimum atomic E-state index is -3.42. The summed E-state index contributed by atoms with van der Waals surface area (Å²) < 4.78 is 27.7. The minimum absolute atomic E-state index is 0.280. The maximum absolute atomic E-state index is 12.4. The standard InChI is InChI=1S/C14H22N2O2S/c1-14(8-3-4-9-14)16-19(17,18)13-7-5-6-12(10-13)11-15-2/h5-7,10,15-16H,3-4,8-9,11H2,1-2H3. The first-order valence-electron chi connectivity index (χ1n) is 6.73. The molecule has 1 aliphatic rings. The molecule has 0 aliphatic heterocycles. The molecule has 1 aromatic rings. The first-order chi connectivity index (χ1) is 8.95. The maximum atomic E-state index is 12.4. The molecule has 0 atom stereocenters. The average molecular weight is 282 g/mol. The van der Waals surface area contributed by atoms with Crippen molar-refractivity contribution in [3.63, 3.8) is 0 Å². The lowest BCUT2D eigenvalue weighted by molar-refractivity contribution is 0.427. The highest BCUT2D eigenvalue weighted by atomic mass is 32.2. The van der Waals surface area contributed by atoms with Gasteiger partial charge in [-0.3, -0.25) is 0 Å². The van der Waals surface area contributed by atoms with Crippen molar-refractivity contribution in [2.24, 2.45) is 0 Å². The van der Waals surface area contributed by atoms with E-state index in [1.165, 1.54) is 0 Å². The zero-order chi connectivity index (χ0) is 13.9. The third kappa shape index (κ3) is 3.55. The Morgan fingerprint density at radius 1 is 1.26 bits per heavy atom. The van der Waals surface area contributed by atoms with Gasteiger partial charge < -0.3 is 5.32 Å². The highest BCUT2D eigenvalue weighted by molar-refractivity contribution is 7.89. The zero-order valence-corrected chi connectivity index (χ0v) is 12.4. The second-order valence-electron chi connectivity index (χ2n) is 5.55. The Morgan fingerprint density at radius 3 is 2.58 bits per heavy atom. The molecule has 0 heterocycles. The van der Waals surface area contributed by atoms with E-state index in [1.807, 2.05) is 20.0 Å². The van der Waals surface area contributed by atoms with E-state index in [1.54, 1.807) is 18.2 Å². The van der Waals surface area contributed by atoms with Crippen molar-refractivity contribution in [3.8, 4) is 0 Å². The van der Waals surface area contributed by atoms with Gasteiger partial charge in [0.25, 0.3) is 0 Å². The summed E-state index contributed by atoms with van der Waals surface area (Å²) >= 11 is 0. The molecule has 2 rings (SSSR count). The smallest absolute Gasteiger partial charge is 0.241 e. The van der Waals surface area contributed by atoms with E-state index >= 15 is 0 Å². The quantitative estimate of drug-likeness (QED) is 0.868. The van der Waals surface area contributed by atoms with Crippen molar-refractivity contribution in [1.82, 2.24) is 10.0 Å². The van der Waals surface area contributed by atoms with E-state index in [2.05, 4.69) is 10.0 Å². The third-order valence-electron chi connectivity index (χ3n) is 3.68. The first-order valence-corrected chi connectivity index (χ1v) is 8.21. The van der Waals surface area contributed by atoms with Crippen LogP contribution in [0, 0.1) is 0 Å². The van der Waals surface area contributed by atoms with Crippen molar-refractivity contribution in [2.45, 2.75) is 49.6 Å². The molecule has 2 N–H and O–H groups in total. The summed E-state index contributed by atoms with van der Waals surface area (Å²) in [7, 11) is -1.57. The van der Waals surface area contributed by atoms with Gasteiger partial charge in [0.1, 0.15) is 0 Å². The van der Waals surface area contributed by atoms with Crippen LogP contribution < -0.4 is 10.0 Å². The van der Waals surface area contributed by atoms with Crippen LogP contribution in [-0.2, 0) is 16.6 Å². The molecule has 1 aliphatic carbocycles. The van der Waals surface area contributed by atoms with Gasteiger partial charge in [-0.05, 0) is 44.5 Å².